The van der Waals surface area contributed by atoms with Crippen molar-refractivity contribution < 1.29 is 4.39 Å². The molecule has 1 aliphatic carbocycles. The monoisotopic (exact) mass is 430 g/mol. The lowest BCUT2D eigenvalue weighted by molar-refractivity contribution is 0.231. The van der Waals surface area contributed by atoms with Gasteiger partial charge in [-0.1, -0.05) is 12.1 Å². The normalized spacial score (nSPS) is 17.4. The van der Waals surface area contributed by atoms with Crippen LogP contribution in [0.15, 0.2) is 36.7 Å². The molecule has 0 N–H and O–H groups in total. The number of anilines is 1. The molecule has 2 aliphatic rings. The third kappa shape index (κ3) is 2.80. The minimum Gasteiger partial charge on any atom is -0.355 e. The van der Waals surface area contributed by atoms with Crippen LogP contribution in [0.25, 0.3) is 16.9 Å². The average Bonchev–Trinajstić information content (AvgIpc) is 3.48. The fraction of sp³-hybridized carbons (Fsp3) is 0.400. The second kappa shape index (κ2) is 6.89. The lowest BCUT2D eigenvalue weighted by atomic mass is 9.76. The van der Waals surface area contributed by atoms with E-state index in [9.17, 15) is 4.39 Å². The summed E-state index contributed by atoms with van der Waals surface area (Å²) in [5, 5.41) is 4.64. The van der Waals surface area contributed by atoms with Crippen molar-refractivity contribution in [2.75, 3.05) is 18.0 Å². The molecule has 1 aliphatic heterocycles. The Morgan fingerprint density at radius 2 is 1.88 bits per heavy atom. The van der Waals surface area contributed by atoms with Gasteiger partial charge in [-0.25, -0.2) is 18.9 Å². The number of hydrogen-bond acceptors (Lipinski definition) is 4. The van der Waals surface area contributed by atoms with Crippen LogP contribution >= 0.6 is 0 Å². The number of aryl methyl sites for hydroxylation is 2. The zero-order chi connectivity index (χ0) is 22.0. The molecule has 1 fully saturated rings. The van der Waals surface area contributed by atoms with Crippen molar-refractivity contribution in [3.8, 4) is 11.4 Å². The summed E-state index contributed by atoms with van der Waals surface area (Å²) in [7, 11) is 2.02. The predicted molar refractivity (Wildman–Crippen MR) is 122 cm³/mol. The van der Waals surface area contributed by atoms with Gasteiger partial charge in [0.2, 0.25) is 0 Å². The summed E-state index contributed by atoms with van der Waals surface area (Å²) in [6.45, 7) is 5.89. The molecule has 7 heteroatoms. The third-order valence-electron chi connectivity index (χ3n) is 7.62. The summed E-state index contributed by atoms with van der Waals surface area (Å²) < 4.78 is 18.4. The first-order valence-corrected chi connectivity index (χ1v) is 11.3. The molecule has 1 saturated heterocycles. The Morgan fingerprint density at radius 3 is 2.59 bits per heavy atom. The van der Waals surface area contributed by atoms with E-state index in [0.29, 0.717) is 0 Å². The number of halogens is 1. The van der Waals surface area contributed by atoms with E-state index in [-0.39, 0.29) is 11.2 Å². The lowest BCUT2D eigenvalue weighted by Crippen LogP contribution is -2.41. The smallest absolute Gasteiger partial charge is 0.155 e. The van der Waals surface area contributed by atoms with Gasteiger partial charge in [-0.05, 0) is 68.2 Å². The first-order valence-electron chi connectivity index (χ1n) is 11.3. The summed E-state index contributed by atoms with van der Waals surface area (Å²) in [6, 6.07) is 7.58. The van der Waals surface area contributed by atoms with Crippen molar-refractivity contribution >= 4 is 11.3 Å². The summed E-state index contributed by atoms with van der Waals surface area (Å²) >= 11 is 0. The highest BCUT2D eigenvalue weighted by atomic mass is 19.1. The molecule has 6 nitrogen and oxygen atoms in total. The first kappa shape index (κ1) is 19.5. The van der Waals surface area contributed by atoms with Crippen LogP contribution in [-0.4, -0.2) is 37.2 Å². The molecule has 0 unspecified atom stereocenters. The van der Waals surface area contributed by atoms with E-state index >= 15 is 0 Å². The Morgan fingerprint density at radius 1 is 1.06 bits per heavy atom. The molecule has 0 saturated carbocycles. The molecule has 1 spiro atoms. The molecule has 0 atom stereocenters. The summed E-state index contributed by atoms with van der Waals surface area (Å²) in [6.07, 6.45) is 7.67. The SMILES string of the molecule is Cc1nc(N2CCC3(CC2)Cc2cccc(F)c2C3)c2ccnn2c1-c1cnc(C)n1C. The van der Waals surface area contributed by atoms with Gasteiger partial charge in [0, 0.05) is 20.1 Å². The molecule has 0 bridgehead atoms. The quantitative estimate of drug-likeness (QED) is 0.477. The Hall–Kier alpha value is -3.22. The maximum atomic E-state index is 14.3. The molecule has 4 heterocycles. The summed E-state index contributed by atoms with van der Waals surface area (Å²) in [5.41, 5.74) is 6.25. The van der Waals surface area contributed by atoms with Crippen molar-refractivity contribution in [2.24, 2.45) is 12.5 Å². The van der Waals surface area contributed by atoms with Crippen LogP contribution in [0, 0.1) is 25.1 Å². The molecule has 0 amide bonds. The van der Waals surface area contributed by atoms with Crippen molar-refractivity contribution in [2.45, 2.75) is 39.5 Å². The van der Waals surface area contributed by atoms with E-state index in [1.54, 1.807) is 6.07 Å². The van der Waals surface area contributed by atoms with Gasteiger partial charge in [0.1, 0.15) is 22.9 Å². The van der Waals surface area contributed by atoms with Crippen LogP contribution in [0.4, 0.5) is 10.2 Å². The number of rotatable bonds is 2. The van der Waals surface area contributed by atoms with Crippen molar-refractivity contribution in [1.82, 2.24) is 24.1 Å². The van der Waals surface area contributed by atoms with Crippen LogP contribution < -0.4 is 4.90 Å². The zero-order valence-corrected chi connectivity index (χ0v) is 18.8. The van der Waals surface area contributed by atoms with Gasteiger partial charge < -0.3 is 9.47 Å². The number of benzene rings is 1. The molecule has 0 radical (unpaired) electrons. The van der Waals surface area contributed by atoms with E-state index in [1.807, 2.05) is 49.9 Å². The Bertz CT molecular complexity index is 1340. The summed E-state index contributed by atoms with van der Waals surface area (Å²) in [5.74, 6) is 1.90. The fourth-order valence-corrected chi connectivity index (χ4v) is 5.68. The van der Waals surface area contributed by atoms with E-state index < -0.39 is 0 Å². The molecular formula is C25H27FN6. The zero-order valence-electron chi connectivity index (χ0n) is 18.8. The van der Waals surface area contributed by atoms with Crippen molar-refractivity contribution in [3.63, 3.8) is 0 Å². The first-order chi connectivity index (χ1) is 15.5. The Kier molecular flexibility index (Phi) is 4.19. The van der Waals surface area contributed by atoms with Crippen LogP contribution in [0.5, 0.6) is 0 Å². The molecule has 1 aromatic carbocycles. The number of aromatic nitrogens is 5. The average molecular weight is 431 g/mol. The Labute approximate surface area is 186 Å². The highest BCUT2D eigenvalue weighted by Gasteiger charge is 2.41. The second-order valence-corrected chi connectivity index (χ2v) is 9.47. The predicted octanol–water partition coefficient (Wildman–Crippen LogP) is 4.27. The minimum atomic E-state index is -0.0407. The Balaban J connectivity index is 1.32. The van der Waals surface area contributed by atoms with Crippen LogP contribution in [0.3, 0.4) is 0 Å². The second-order valence-electron chi connectivity index (χ2n) is 9.47. The standard InChI is InChI=1S/C25H27FN6/c1-16-23(22-15-27-17(2)30(22)3)32-21(7-10-28-32)24(29-16)31-11-8-25(9-12-31)13-18-5-4-6-20(26)19(18)14-25/h4-7,10,15H,8-9,11-14H2,1-3H3. The largest absolute Gasteiger partial charge is 0.355 e. The van der Waals surface area contributed by atoms with E-state index in [2.05, 4.69) is 25.6 Å². The van der Waals surface area contributed by atoms with Gasteiger partial charge in [0.15, 0.2) is 5.82 Å². The number of fused-ring (bicyclic) bond motifs is 2. The maximum absolute atomic E-state index is 14.3. The lowest BCUT2D eigenvalue weighted by Gasteiger charge is -2.40. The van der Waals surface area contributed by atoms with Gasteiger partial charge in [0.25, 0.3) is 0 Å². The number of nitrogens with zero attached hydrogens (tertiary/aromatic N) is 6. The van der Waals surface area contributed by atoms with E-state index in [1.165, 1.54) is 5.56 Å². The van der Waals surface area contributed by atoms with Crippen LogP contribution in [-0.2, 0) is 19.9 Å². The number of hydrogen-bond donors (Lipinski definition) is 0. The van der Waals surface area contributed by atoms with Crippen molar-refractivity contribution in [3.05, 3.63) is 65.1 Å². The molecule has 3 aromatic heterocycles. The van der Waals surface area contributed by atoms with Gasteiger partial charge in [-0.2, -0.15) is 5.10 Å². The molecule has 4 aromatic rings. The molecule has 32 heavy (non-hydrogen) atoms. The van der Waals surface area contributed by atoms with E-state index in [0.717, 1.165) is 78.6 Å². The van der Waals surface area contributed by atoms with Crippen LogP contribution in [0.2, 0.25) is 0 Å². The number of piperidine rings is 1. The maximum Gasteiger partial charge on any atom is 0.155 e. The summed E-state index contributed by atoms with van der Waals surface area (Å²) in [4.78, 5) is 11.9. The molecule has 6 rings (SSSR count). The minimum absolute atomic E-state index is 0.0407. The van der Waals surface area contributed by atoms with Gasteiger partial charge in [-0.3, -0.25) is 0 Å². The highest BCUT2D eigenvalue weighted by molar-refractivity contribution is 5.74. The molecular weight excluding hydrogens is 403 g/mol. The van der Waals surface area contributed by atoms with Gasteiger partial charge >= 0.3 is 0 Å². The number of imidazole rings is 1. The van der Waals surface area contributed by atoms with E-state index in [4.69, 9.17) is 4.98 Å². The fourth-order valence-electron chi connectivity index (χ4n) is 5.68. The molecule has 164 valence electrons. The topological polar surface area (TPSA) is 51.3 Å². The third-order valence-corrected chi connectivity index (χ3v) is 7.62. The van der Waals surface area contributed by atoms with Gasteiger partial charge in [-0.15, -0.1) is 0 Å². The van der Waals surface area contributed by atoms with Gasteiger partial charge in [0.05, 0.1) is 23.8 Å². The van der Waals surface area contributed by atoms with Crippen molar-refractivity contribution in [1.29, 1.82) is 0 Å². The van der Waals surface area contributed by atoms with Crippen LogP contribution in [0.1, 0.15) is 35.5 Å². The highest BCUT2D eigenvalue weighted by Crippen LogP contribution is 2.46.